The first-order chi connectivity index (χ1) is 17.0. The maximum Gasteiger partial charge on any atom is 0.419 e. The molecule has 2 aromatic heterocycles. The van der Waals surface area contributed by atoms with Gasteiger partial charge in [-0.05, 0) is 37.5 Å². The van der Waals surface area contributed by atoms with Crippen molar-refractivity contribution < 1.29 is 14.3 Å². The van der Waals surface area contributed by atoms with Gasteiger partial charge in [0.25, 0.3) is 0 Å². The number of benzene rings is 2. The van der Waals surface area contributed by atoms with Gasteiger partial charge in [0.05, 0.1) is 35.9 Å². The average molecular weight is 468 g/mol. The van der Waals surface area contributed by atoms with Crippen LogP contribution in [0.25, 0.3) is 21.9 Å². The molecule has 2 aromatic carbocycles. The van der Waals surface area contributed by atoms with Crippen molar-refractivity contribution in [1.29, 1.82) is 0 Å². The van der Waals surface area contributed by atoms with Gasteiger partial charge in [0, 0.05) is 42.2 Å². The number of hydrogen-bond donors (Lipinski definition) is 0. The second-order valence-electron chi connectivity index (χ2n) is 9.22. The molecule has 0 radical (unpaired) electrons. The van der Waals surface area contributed by atoms with Crippen LogP contribution >= 0.6 is 0 Å². The first-order valence-electron chi connectivity index (χ1n) is 11.8. The van der Waals surface area contributed by atoms with E-state index in [4.69, 9.17) is 4.74 Å². The number of rotatable bonds is 3. The van der Waals surface area contributed by atoms with Crippen LogP contribution in [-0.4, -0.2) is 39.4 Å². The highest BCUT2D eigenvalue weighted by molar-refractivity contribution is 6.04. The quantitative estimate of drug-likeness (QED) is 0.414. The van der Waals surface area contributed by atoms with Crippen LogP contribution in [-0.2, 0) is 4.79 Å². The summed E-state index contributed by atoms with van der Waals surface area (Å²) < 4.78 is 7.86. The van der Waals surface area contributed by atoms with Crippen molar-refractivity contribution in [1.82, 2.24) is 14.8 Å². The van der Waals surface area contributed by atoms with E-state index in [0.717, 1.165) is 34.7 Å². The molecule has 3 heterocycles. The molecule has 0 unspecified atom stereocenters. The molecule has 2 aliphatic rings. The molecule has 4 aromatic rings. The van der Waals surface area contributed by atoms with Crippen LogP contribution in [0, 0.1) is 0 Å². The first-order valence-corrected chi connectivity index (χ1v) is 11.8. The fourth-order valence-corrected chi connectivity index (χ4v) is 4.80. The molecule has 2 amide bonds. The predicted molar refractivity (Wildman–Crippen MR) is 134 cm³/mol. The molecule has 0 saturated heterocycles. The van der Waals surface area contributed by atoms with E-state index in [0.29, 0.717) is 29.7 Å². The summed E-state index contributed by atoms with van der Waals surface area (Å²) >= 11 is 0. The van der Waals surface area contributed by atoms with Crippen LogP contribution in [0.5, 0.6) is 5.75 Å². The Balaban J connectivity index is 1.39. The van der Waals surface area contributed by atoms with Gasteiger partial charge in [-0.25, -0.2) is 4.79 Å². The zero-order valence-corrected chi connectivity index (χ0v) is 19.6. The Kier molecular flexibility index (Phi) is 5.02. The maximum atomic E-state index is 13.5. The van der Waals surface area contributed by atoms with Crippen molar-refractivity contribution in [2.24, 2.45) is 0 Å². The molecule has 6 rings (SSSR count). The van der Waals surface area contributed by atoms with E-state index < -0.39 is 6.09 Å². The van der Waals surface area contributed by atoms with Crippen molar-refractivity contribution in [2.45, 2.75) is 38.8 Å². The van der Waals surface area contributed by atoms with Crippen molar-refractivity contribution >= 4 is 34.1 Å². The van der Waals surface area contributed by atoms with Crippen LogP contribution in [0.4, 0.5) is 16.2 Å². The fraction of sp³-hybridized carbons (Fsp3) is 0.259. The van der Waals surface area contributed by atoms with Gasteiger partial charge in [0.1, 0.15) is 0 Å². The van der Waals surface area contributed by atoms with Crippen molar-refractivity contribution in [2.75, 3.05) is 16.3 Å². The van der Waals surface area contributed by atoms with E-state index in [9.17, 15) is 9.59 Å². The Hall–Kier alpha value is -4.20. The minimum atomic E-state index is -0.509. The number of nitrogens with zero attached hydrogens (tertiary/aromatic N) is 5. The molecule has 0 N–H and O–H groups in total. The summed E-state index contributed by atoms with van der Waals surface area (Å²) in [5.41, 5.74) is 3.22. The molecule has 35 heavy (non-hydrogen) atoms. The molecule has 0 spiro atoms. The third-order valence-corrected chi connectivity index (χ3v) is 6.66. The van der Waals surface area contributed by atoms with Crippen molar-refractivity contribution in [3.05, 3.63) is 67.3 Å². The highest BCUT2D eigenvalue weighted by Gasteiger charge is 2.35. The smallest absolute Gasteiger partial charge is 0.408 e. The monoisotopic (exact) mass is 467 g/mol. The SMILES string of the molecule is CC(=O)N1c2ccc(-c3cnn(C4CC4)c3)cc2N(C(=O)Oc2cncc3ccccc23)C[C@@H]1C. The molecular weight excluding hydrogens is 442 g/mol. The lowest BCUT2D eigenvalue weighted by Gasteiger charge is -2.40. The van der Waals surface area contributed by atoms with E-state index >= 15 is 0 Å². The van der Waals surface area contributed by atoms with Gasteiger partial charge < -0.3 is 9.64 Å². The molecule has 1 saturated carbocycles. The predicted octanol–water partition coefficient (Wildman–Crippen LogP) is 5.19. The zero-order valence-electron chi connectivity index (χ0n) is 19.6. The normalized spacial score (nSPS) is 17.4. The largest absolute Gasteiger partial charge is 0.419 e. The number of fused-ring (bicyclic) bond motifs is 2. The van der Waals surface area contributed by atoms with Crippen molar-refractivity contribution in [3.63, 3.8) is 0 Å². The second-order valence-corrected chi connectivity index (χ2v) is 9.22. The Bertz CT molecular complexity index is 1450. The highest BCUT2D eigenvalue weighted by atomic mass is 16.6. The van der Waals surface area contributed by atoms with Gasteiger partial charge in [-0.2, -0.15) is 5.10 Å². The van der Waals surface area contributed by atoms with Crippen LogP contribution in [0.3, 0.4) is 0 Å². The molecular formula is C27H25N5O3. The molecule has 176 valence electrons. The van der Waals surface area contributed by atoms with Gasteiger partial charge in [-0.1, -0.05) is 30.3 Å². The summed E-state index contributed by atoms with van der Waals surface area (Å²) in [4.78, 5) is 33.6. The number of aromatic nitrogens is 3. The number of ether oxygens (including phenoxy) is 1. The van der Waals surface area contributed by atoms with Crippen molar-refractivity contribution in [3.8, 4) is 16.9 Å². The van der Waals surface area contributed by atoms with Crippen LogP contribution in [0.2, 0.25) is 0 Å². The Labute approximate surface area is 202 Å². The number of amides is 2. The molecule has 1 aliphatic carbocycles. The lowest BCUT2D eigenvalue weighted by atomic mass is 10.0. The average Bonchev–Trinajstić information content (AvgIpc) is 3.59. The number of pyridine rings is 1. The molecule has 1 fully saturated rings. The summed E-state index contributed by atoms with van der Waals surface area (Å²) in [5, 5.41) is 6.21. The number of carbonyl (C=O) groups excluding carboxylic acids is 2. The standard InChI is InChI=1S/C27H25N5O3/c1-17-15-30(27(34)35-26-14-28-12-20-5-3-4-6-23(20)26)25-11-19(7-10-24(25)32(17)18(2)33)21-13-29-31(16-21)22-8-9-22/h3-7,10-14,16-17,22H,8-9,15H2,1-2H3/t17-/m0/s1. The minimum absolute atomic E-state index is 0.0701. The zero-order chi connectivity index (χ0) is 24.1. The molecule has 1 aliphatic heterocycles. The summed E-state index contributed by atoms with van der Waals surface area (Å²) in [6.07, 6.45) is 8.98. The summed E-state index contributed by atoms with van der Waals surface area (Å²) in [6, 6.07) is 13.7. The van der Waals surface area contributed by atoms with Crippen LogP contribution in [0.1, 0.15) is 32.7 Å². The van der Waals surface area contributed by atoms with Gasteiger partial charge in [-0.3, -0.25) is 19.4 Å². The first kappa shape index (κ1) is 21.3. The molecule has 0 bridgehead atoms. The fourth-order valence-electron chi connectivity index (χ4n) is 4.80. The molecule has 8 nitrogen and oxygen atoms in total. The maximum absolute atomic E-state index is 13.5. The number of hydrogen-bond acceptors (Lipinski definition) is 5. The topological polar surface area (TPSA) is 80.6 Å². The lowest BCUT2D eigenvalue weighted by molar-refractivity contribution is -0.117. The number of carbonyl (C=O) groups is 2. The third kappa shape index (κ3) is 3.80. The Morgan fingerprint density at radius 1 is 1.00 bits per heavy atom. The summed E-state index contributed by atoms with van der Waals surface area (Å²) in [6.45, 7) is 3.79. The lowest BCUT2D eigenvalue weighted by Crippen LogP contribution is -2.52. The van der Waals surface area contributed by atoms with Gasteiger partial charge >= 0.3 is 6.09 Å². The second kappa shape index (κ2) is 8.23. The van der Waals surface area contributed by atoms with E-state index in [1.165, 1.54) is 0 Å². The summed E-state index contributed by atoms with van der Waals surface area (Å²) in [5.74, 6) is 0.331. The highest BCUT2D eigenvalue weighted by Crippen LogP contribution is 2.40. The minimum Gasteiger partial charge on any atom is -0.408 e. The van der Waals surface area contributed by atoms with E-state index in [-0.39, 0.29) is 11.9 Å². The van der Waals surface area contributed by atoms with Gasteiger partial charge in [-0.15, -0.1) is 0 Å². The van der Waals surface area contributed by atoms with Crippen LogP contribution < -0.4 is 14.5 Å². The van der Waals surface area contributed by atoms with Gasteiger partial charge in [0.2, 0.25) is 5.91 Å². The van der Waals surface area contributed by atoms with Crippen LogP contribution in [0.15, 0.2) is 67.3 Å². The molecule has 8 heteroatoms. The van der Waals surface area contributed by atoms with Gasteiger partial charge in [0.15, 0.2) is 5.75 Å². The Morgan fingerprint density at radius 3 is 2.63 bits per heavy atom. The Morgan fingerprint density at radius 2 is 1.83 bits per heavy atom. The summed E-state index contributed by atoms with van der Waals surface area (Å²) in [7, 11) is 0. The van der Waals surface area contributed by atoms with E-state index in [1.54, 1.807) is 29.1 Å². The van der Waals surface area contributed by atoms with E-state index in [1.807, 2.05) is 66.5 Å². The third-order valence-electron chi connectivity index (χ3n) is 6.66. The molecule has 1 atom stereocenters. The van der Waals surface area contributed by atoms with E-state index in [2.05, 4.69) is 10.1 Å². The number of anilines is 2.